The SMILES string of the molecule is COc1ccccc1[C@H]1c2c(C)nn(-c3ccccc3)c2Oc2ncn3nc(COc4ccccc4)nc3c21. The lowest BCUT2D eigenvalue weighted by molar-refractivity contribution is 0.296. The van der Waals surface area contributed by atoms with Crippen molar-refractivity contribution in [2.75, 3.05) is 7.11 Å². The molecule has 0 spiro atoms. The molecule has 3 aromatic heterocycles. The van der Waals surface area contributed by atoms with Crippen molar-refractivity contribution in [2.24, 2.45) is 0 Å². The summed E-state index contributed by atoms with van der Waals surface area (Å²) < 4.78 is 21.7. The van der Waals surface area contributed by atoms with Crippen LogP contribution in [0.5, 0.6) is 23.3 Å². The Morgan fingerprint density at radius 1 is 0.872 bits per heavy atom. The van der Waals surface area contributed by atoms with Gasteiger partial charge in [0.25, 0.3) is 0 Å². The summed E-state index contributed by atoms with van der Waals surface area (Å²) in [5.74, 6) is 2.80. The zero-order valence-corrected chi connectivity index (χ0v) is 21.4. The molecule has 0 N–H and O–H groups in total. The molecule has 1 aliphatic heterocycles. The van der Waals surface area contributed by atoms with E-state index in [1.54, 1.807) is 18.0 Å². The Morgan fingerprint density at radius 2 is 1.62 bits per heavy atom. The Kier molecular flexibility index (Phi) is 5.47. The summed E-state index contributed by atoms with van der Waals surface area (Å²) in [6, 6.07) is 27.5. The Bertz CT molecular complexity index is 1800. The minimum atomic E-state index is -0.305. The molecule has 7 rings (SSSR count). The first-order valence-corrected chi connectivity index (χ1v) is 12.6. The quantitative estimate of drug-likeness (QED) is 0.289. The van der Waals surface area contributed by atoms with Crippen LogP contribution in [0.25, 0.3) is 11.3 Å². The highest BCUT2D eigenvalue weighted by Gasteiger charge is 2.39. The lowest BCUT2D eigenvalue weighted by Gasteiger charge is -2.27. The molecule has 9 heteroatoms. The van der Waals surface area contributed by atoms with Gasteiger partial charge in [0.05, 0.1) is 35.5 Å². The second-order valence-corrected chi connectivity index (χ2v) is 9.19. The number of methoxy groups -OCH3 is 1. The maximum absolute atomic E-state index is 6.49. The van der Waals surface area contributed by atoms with Gasteiger partial charge in [-0.25, -0.2) is 19.2 Å². The van der Waals surface area contributed by atoms with Crippen molar-refractivity contribution in [3.05, 3.63) is 119 Å². The molecule has 39 heavy (non-hydrogen) atoms. The number of rotatable bonds is 6. The van der Waals surface area contributed by atoms with E-state index in [1.807, 2.05) is 90.5 Å². The van der Waals surface area contributed by atoms with Gasteiger partial charge in [-0.15, -0.1) is 5.10 Å². The van der Waals surface area contributed by atoms with Crippen molar-refractivity contribution < 1.29 is 14.2 Å². The van der Waals surface area contributed by atoms with Crippen LogP contribution in [-0.2, 0) is 6.61 Å². The van der Waals surface area contributed by atoms with E-state index in [-0.39, 0.29) is 12.5 Å². The molecule has 0 radical (unpaired) electrons. The van der Waals surface area contributed by atoms with Crippen LogP contribution < -0.4 is 14.2 Å². The molecule has 9 nitrogen and oxygen atoms in total. The van der Waals surface area contributed by atoms with Crippen LogP contribution in [0, 0.1) is 6.92 Å². The Balaban J connectivity index is 1.41. The number of nitrogens with zero attached hydrogens (tertiary/aromatic N) is 6. The van der Waals surface area contributed by atoms with Gasteiger partial charge in [0.2, 0.25) is 11.8 Å². The number of aromatic nitrogens is 6. The largest absolute Gasteiger partial charge is 0.496 e. The third-order valence-corrected chi connectivity index (χ3v) is 6.83. The van der Waals surface area contributed by atoms with Gasteiger partial charge >= 0.3 is 0 Å². The van der Waals surface area contributed by atoms with Crippen molar-refractivity contribution in [1.82, 2.24) is 29.4 Å². The van der Waals surface area contributed by atoms with Crippen LogP contribution in [0.3, 0.4) is 0 Å². The molecule has 0 bridgehead atoms. The van der Waals surface area contributed by atoms with Crippen molar-refractivity contribution in [3.63, 3.8) is 0 Å². The number of ether oxygens (including phenoxy) is 3. The molecule has 192 valence electrons. The normalized spacial score (nSPS) is 13.9. The van der Waals surface area contributed by atoms with Crippen LogP contribution in [0.15, 0.2) is 91.3 Å². The summed E-state index contributed by atoms with van der Waals surface area (Å²) in [5, 5.41) is 9.53. The smallest absolute Gasteiger partial charge is 0.230 e. The van der Waals surface area contributed by atoms with Gasteiger partial charge in [-0.2, -0.15) is 5.10 Å². The van der Waals surface area contributed by atoms with E-state index in [0.29, 0.717) is 23.2 Å². The van der Waals surface area contributed by atoms with Gasteiger partial charge in [-0.3, -0.25) is 0 Å². The molecule has 6 aromatic rings. The molecular formula is C30H24N6O3. The van der Waals surface area contributed by atoms with Crippen molar-refractivity contribution in [2.45, 2.75) is 19.4 Å². The van der Waals surface area contributed by atoms with E-state index >= 15 is 0 Å². The van der Waals surface area contributed by atoms with Crippen molar-refractivity contribution >= 4 is 5.65 Å². The molecule has 0 saturated carbocycles. The maximum atomic E-state index is 6.49. The molecule has 1 aliphatic rings. The van der Waals surface area contributed by atoms with E-state index in [4.69, 9.17) is 24.3 Å². The minimum absolute atomic E-state index is 0.219. The Labute approximate surface area is 224 Å². The van der Waals surface area contributed by atoms with Gasteiger partial charge in [0, 0.05) is 5.56 Å². The lowest BCUT2D eigenvalue weighted by Crippen LogP contribution is -2.16. The van der Waals surface area contributed by atoms with Gasteiger partial charge in [0.15, 0.2) is 11.5 Å². The lowest BCUT2D eigenvalue weighted by atomic mass is 9.84. The fraction of sp³-hybridized carbons (Fsp3) is 0.133. The predicted octanol–water partition coefficient (Wildman–Crippen LogP) is 5.49. The number of hydrogen-bond acceptors (Lipinski definition) is 7. The Morgan fingerprint density at radius 3 is 2.41 bits per heavy atom. The number of benzene rings is 3. The number of para-hydroxylation sites is 3. The molecule has 4 heterocycles. The zero-order chi connectivity index (χ0) is 26.3. The molecule has 0 aliphatic carbocycles. The summed E-state index contributed by atoms with van der Waals surface area (Å²) in [6.07, 6.45) is 1.62. The first-order valence-electron chi connectivity index (χ1n) is 12.6. The Hall–Kier alpha value is -5.18. The van der Waals surface area contributed by atoms with E-state index in [2.05, 4.69) is 16.1 Å². The monoisotopic (exact) mass is 516 g/mol. The van der Waals surface area contributed by atoms with E-state index < -0.39 is 0 Å². The topological polar surface area (TPSA) is 88.6 Å². The minimum Gasteiger partial charge on any atom is -0.496 e. The van der Waals surface area contributed by atoms with Crippen LogP contribution in [0.2, 0.25) is 0 Å². The van der Waals surface area contributed by atoms with Crippen LogP contribution in [-0.4, -0.2) is 36.5 Å². The third-order valence-electron chi connectivity index (χ3n) is 6.83. The standard InChI is InChI=1S/C30H24N6O3/c1-19-25-26(22-15-9-10-16-23(22)37-2)27-28-32-24(17-38-21-13-7-4-8-14-21)34-35(28)18-31-29(27)39-30(25)36(33-19)20-11-5-3-6-12-20/h3-16,18,26H,17H2,1-2H3/t26-/m0/s1. The zero-order valence-electron chi connectivity index (χ0n) is 21.4. The highest BCUT2D eigenvalue weighted by Crippen LogP contribution is 2.51. The maximum Gasteiger partial charge on any atom is 0.230 e. The molecule has 0 fully saturated rings. The van der Waals surface area contributed by atoms with E-state index in [9.17, 15) is 0 Å². The summed E-state index contributed by atoms with van der Waals surface area (Å²) in [7, 11) is 1.68. The van der Waals surface area contributed by atoms with Crippen molar-refractivity contribution in [3.8, 4) is 28.9 Å². The predicted molar refractivity (Wildman–Crippen MR) is 144 cm³/mol. The van der Waals surface area contributed by atoms with Crippen molar-refractivity contribution in [1.29, 1.82) is 0 Å². The van der Waals surface area contributed by atoms with Crippen LogP contribution in [0.1, 0.15) is 34.1 Å². The van der Waals surface area contributed by atoms with Gasteiger partial charge in [0.1, 0.15) is 24.4 Å². The average molecular weight is 517 g/mol. The highest BCUT2D eigenvalue weighted by molar-refractivity contribution is 5.67. The first kappa shape index (κ1) is 23.0. The second-order valence-electron chi connectivity index (χ2n) is 9.19. The fourth-order valence-electron chi connectivity index (χ4n) is 5.11. The highest BCUT2D eigenvalue weighted by atomic mass is 16.5. The molecule has 0 saturated heterocycles. The number of hydrogen-bond donors (Lipinski definition) is 0. The molecule has 1 atom stereocenters. The van der Waals surface area contributed by atoms with Gasteiger partial charge in [-0.05, 0) is 37.3 Å². The summed E-state index contributed by atoms with van der Waals surface area (Å²) in [4.78, 5) is 9.55. The number of aryl methyl sites for hydroxylation is 1. The second kappa shape index (κ2) is 9.29. The molecular weight excluding hydrogens is 492 g/mol. The summed E-state index contributed by atoms with van der Waals surface area (Å²) in [6.45, 7) is 2.21. The van der Waals surface area contributed by atoms with Crippen LogP contribution in [0.4, 0.5) is 0 Å². The molecule has 0 unspecified atom stereocenters. The fourth-order valence-corrected chi connectivity index (χ4v) is 5.11. The molecule has 0 amide bonds. The summed E-state index contributed by atoms with van der Waals surface area (Å²) in [5.41, 5.74) is 5.05. The third kappa shape index (κ3) is 3.86. The van der Waals surface area contributed by atoms with E-state index in [0.717, 1.165) is 39.6 Å². The van der Waals surface area contributed by atoms with Crippen LogP contribution >= 0.6 is 0 Å². The van der Waals surface area contributed by atoms with Gasteiger partial charge < -0.3 is 14.2 Å². The first-order chi connectivity index (χ1) is 19.2. The average Bonchev–Trinajstić information content (AvgIpc) is 3.56. The summed E-state index contributed by atoms with van der Waals surface area (Å²) >= 11 is 0. The van der Waals surface area contributed by atoms with Gasteiger partial charge in [-0.1, -0.05) is 54.6 Å². The molecule has 3 aromatic carbocycles. The van der Waals surface area contributed by atoms with E-state index in [1.165, 1.54) is 0 Å². The number of fused-ring (bicyclic) bond motifs is 4.